The second-order valence-electron chi connectivity index (χ2n) is 26.0. The molecule has 14 atom stereocenters. The van der Waals surface area contributed by atoms with E-state index in [4.69, 9.17) is 19.2 Å². The third-order valence-electron chi connectivity index (χ3n) is 21.8. The Morgan fingerprint density at radius 3 is 2.25 bits per heavy atom. The fourth-order valence-corrected chi connectivity index (χ4v) is 17.7. The van der Waals surface area contributed by atoms with Crippen molar-refractivity contribution in [2.24, 2.45) is 79.8 Å². The number of carbonyl (C=O) groups excluding carboxylic acids is 2. The molecule has 6 saturated carbocycles. The molecule has 1 saturated heterocycles. The molecular weight excluding hydrogens is 863 g/mol. The van der Waals surface area contributed by atoms with Gasteiger partial charge < -0.3 is 28.8 Å². The molecule has 1 N–H and O–H groups in total. The van der Waals surface area contributed by atoms with Crippen LogP contribution in [-0.2, 0) is 35.1 Å². The standard InChI is InChI=1S/C59H87N3O7/c1-36(2)23-29-61-35-44(38-16-14-13-15-17-38)60-50(61)45-32-39(68-31-30-67-12)34-62(45)53(66)59-26-20-40(37(3)4)49(59)41-18-19-47-56(9)24-22-48(69-52(65)43-33-42(51(63)64)54(43,5)6)55(7,8)46(56)21-25-58(47,11)57(41,10)27-28-59/h13-17,35-36,39-43,45-49H,3,18-34H2,1-2,4-12H3,(H,63,64)/t39-,40+,41-,42+,43-,45+,46+,47-,48+,49-,56+,57-,58-,59+/m1/s1. The van der Waals surface area contributed by atoms with Gasteiger partial charge in [0.1, 0.15) is 11.9 Å². The number of hydrogen-bond acceptors (Lipinski definition) is 7. The average Bonchev–Trinajstić information content (AvgIpc) is 4.03. The summed E-state index contributed by atoms with van der Waals surface area (Å²) in [5.74, 6) is 1.75. The van der Waals surface area contributed by atoms with Gasteiger partial charge in [-0.15, -0.1) is 0 Å². The number of carbonyl (C=O) groups is 3. The first-order valence-electron chi connectivity index (χ1n) is 27.2. The maximum absolute atomic E-state index is 16.3. The lowest BCUT2D eigenvalue weighted by Gasteiger charge is -2.73. The van der Waals surface area contributed by atoms with Crippen LogP contribution in [0.1, 0.15) is 165 Å². The highest BCUT2D eigenvalue weighted by molar-refractivity contribution is 5.85. The Hall–Kier alpha value is -3.50. The van der Waals surface area contributed by atoms with Crippen LogP contribution in [0.3, 0.4) is 0 Å². The number of aliphatic carboxylic acids is 1. The van der Waals surface area contributed by atoms with Gasteiger partial charge in [0.2, 0.25) is 5.91 Å². The van der Waals surface area contributed by atoms with Crippen molar-refractivity contribution in [3.8, 4) is 11.3 Å². The minimum atomic E-state index is -0.822. The number of esters is 1. The first-order chi connectivity index (χ1) is 32.5. The van der Waals surface area contributed by atoms with Crippen LogP contribution in [0.15, 0.2) is 48.7 Å². The Morgan fingerprint density at radius 1 is 0.841 bits per heavy atom. The van der Waals surface area contributed by atoms with Gasteiger partial charge in [0.25, 0.3) is 0 Å². The van der Waals surface area contributed by atoms with Gasteiger partial charge in [0.05, 0.1) is 48.3 Å². The maximum Gasteiger partial charge on any atom is 0.309 e. The highest BCUT2D eigenvalue weighted by atomic mass is 16.5. The number of carboxylic acids is 1. The lowest BCUT2D eigenvalue weighted by Crippen LogP contribution is -2.67. The van der Waals surface area contributed by atoms with Crippen molar-refractivity contribution in [2.75, 3.05) is 26.9 Å². The van der Waals surface area contributed by atoms with E-state index in [1.165, 1.54) is 5.57 Å². The normalized spacial score (nSPS) is 39.7. The molecule has 69 heavy (non-hydrogen) atoms. The summed E-state index contributed by atoms with van der Waals surface area (Å²) in [5.41, 5.74) is 2.21. The van der Waals surface area contributed by atoms with E-state index in [2.05, 4.69) is 102 Å². The highest BCUT2D eigenvalue weighted by Gasteiger charge is 2.73. The number of fused-ring (bicyclic) bond motifs is 7. The molecule has 380 valence electrons. The first kappa shape index (κ1) is 50.4. The van der Waals surface area contributed by atoms with Crippen LogP contribution in [0, 0.1) is 79.8 Å². The molecule has 10 nitrogen and oxygen atoms in total. The fraction of sp³-hybridized carbons (Fsp3) is 0.763. The Labute approximate surface area is 414 Å². The number of allylic oxidation sites excluding steroid dienone is 1. The molecule has 10 heteroatoms. The molecule has 1 amide bonds. The summed E-state index contributed by atoms with van der Waals surface area (Å²) in [7, 11) is 1.71. The zero-order valence-electron chi connectivity index (χ0n) is 44.3. The number of nitrogens with zero attached hydrogens (tertiary/aromatic N) is 3. The minimum Gasteiger partial charge on any atom is -0.481 e. The van der Waals surface area contributed by atoms with Gasteiger partial charge in [-0.2, -0.15) is 0 Å². The summed E-state index contributed by atoms with van der Waals surface area (Å²) < 4.78 is 20.9. The van der Waals surface area contributed by atoms with E-state index in [9.17, 15) is 14.7 Å². The second-order valence-corrected chi connectivity index (χ2v) is 26.0. The Bertz CT molecular complexity index is 2270. The number of ether oxygens (including phenoxy) is 3. The smallest absolute Gasteiger partial charge is 0.309 e. The van der Waals surface area contributed by atoms with Gasteiger partial charge in [-0.3, -0.25) is 14.4 Å². The van der Waals surface area contributed by atoms with Crippen LogP contribution in [0.4, 0.5) is 0 Å². The molecule has 7 fully saturated rings. The third-order valence-corrected chi connectivity index (χ3v) is 21.8. The molecule has 7 aliphatic rings. The van der Waals surface area contributed by atoms with Crippen LogP contribution in [0.2, 0.25) is 0 Å². The summed E-state index contributed by atoms with van der Waals surface area (Å²) in [6.45, 7) is 30.3. The van der Waals surface area contributed by atoms with Crippen LogP contribution >= 0.6 is 0 Å². The number of carboxylic acid groups (broad SMARTS) is 1. The number of amides is 1. The predicted octanol–water partition coefficient (Wildman–Crippen LogP) is 12.2. The monoisotopic (exact) mass is 950 g/mol. The van der Waals surface area contributed by atoms with E-state index in [1.54, 1.807) is 7.11 Å². The molecule has 2 aromatic rings. The molecule has 1 aromatic carbocycles. The number of rotatable bonds is 14. The van der Waals surface area contributed by atoms with Crippen LogP contribution < -0.4 is 0 Å². The summed E-state index contributed by atoms with van der Waals surface area (Å²) in [5, 5.41) is 9.77. The third kappa shape index (κ3) is 8.00. The number of imidazole rings is 1. The largest absolute Gasteiger partial charge is 0.481 e. The Balaban J connectivity index is 1.01. The summed E-state index contributed by atoms with van der Waals surface area (Å²) >= 11 is 0. The highest BCUT2D eigenvalue weighted by Crippen LogP contribution is 2.78. The zero-order valence-corrected chi connectivity index (χ0v) is 44.3. The lowest BCUT2D eigenvalue weighted by molar-refractivity contribution is -0.251. The van der Waals surface area contributed by atoms with E-state index in [1.807, 2.05) is 19.9 Å². The molecule has 2 heterocycles. The SMILES string of the molecule is C=C(C)[C@@H]1CC[C@]2(C(=O)N3C[C@H](OCCOC)C[C@H]3c3nc(-c4ccccc4)cn3CCC(C)C)CC[C@]3(C)[C@H](CC[C@@H]4[C@@]5(C)CC[C@H](OC(=O)[C@H]6C[C@@H](C(=O)O)C6(C)C)C(C)(C)[C@@H]5CC[C@]43C)[C@@H]12. The number of likely N-dealkylation sites (tertiary alicyclic amines) is 1. The van der Waals surface area contributed by atoms with E-state index < -0.39 is 22.7 Å². The summed E-state index contributed by atoms with van der Waals surface area (Å²) in [6.07, 6.45) is 14.2. The molecule has 0 unspecified atom stereocenters. The fourth-order valence-electron chi connectivity index (χ4n) is 17.7. The molecule has 0 spiro atoms. The van der Waals surface area contributed by atoms with E-state index >= 15 is 4.79 Å². The number of aromatic nitrogens is 2. The van der Waals surface area contributed by atoms with Crippen molar-refractivity contribution in [3.63, 3.8) is 0 Å². The predicted molar refractivity (Wildman–Crippen MR) is 270 cm³/mol. The Kier molecular flexibility index (Phi) is 13.3. The van der Waals surface area contributed by atoms with Crippen molar-refractivity contribution in [2.45, 2.75) is 178 Å². The first-order valence-corrected chi connectivity index (χ1v) is 27.2. The van der Waals surface area contributed by atoms with Crippen LogP contribution in [-0.4, -0.2) is 76.5 Å². The van der Waals surface area contributed by atoms with E-state index in [0.717, 1.165) is 94.3 Å². The maximum atomic E-state index is 16.3. The molecule has 1 aromatic heterocycles. The molecule has 9 rings (SSSR count). The number of benzene rings is 1. The van der Waals surface area contributed by atoms with Gasteiger partial charge in [-0.1, -0.05) is 105 Å². The summed E-state index contributed by atoms with van der Waals surface area (Å²) in [4.78, 5) is 49.7. The minimum absolute atomic E-state index is 0.0498. The summed E-state index contributed by atoms with van der Waals surface area (Å²) in [6, 6.07) is 10.3. The molecule has 1 aliphatic heterocycles. The van der Waals surface area contributed by atoms with Crippen molar-refractivity contribution in [3.05, 3.63) is 54.5 Å². The van der Waals surface area contributed by atoms with Gasteiger partial charge in [-0.25, -0.2) is 4.98 Å². The van der Waals surface area contributed by atoms with Crippen LogP contribution in [0.25, 0.3) is 11.3 Å². The molecular formula is C59H87N3O7. The molecule has 6 aliphatic carbocycles. The second kappa shape index (κ2) is 18.2. The van der Waals surface area contributed by atoms with Crippen molar-refractivity contribution in [1.29, 1.82) is 0 Å². The number of hydrogen-bond donors (Lipinski definition) is 1. The van der Waals surface area contributed by atoms with Crippen molar-refractivity contribution < 1.29 is 33.7 Å². The van der Waals surface area contributed by atoms with Crippen molar-refractivity contribution >= 4 is 17.8 Å². The lowest BCUT2D eigenvalue weighted by atomic mass is 9.32. The average molecular weight is 950 g/mol. The Morgan fingerprint density at radius 2 is 1.58 bits per heavy atom. The molecule has 0 bridgehead atoms. The topological polar surface area (TPSA) is 120 Å². The quantitative estimate of drug-likeness (QED) is 0.113. The zero-order chi connectivity index (χ0) is 49.6. The van der Waals surface area contributed by atoms with Gasteiger partial charge in [0.15, 0.2) is 0 Å². The van der Waals surface area contributed by atoms with Gasteiger partial charge in [-0.05, 0) is 141 Å². The number of methoxy groups -OCH3 is 1. The van der Waals surface area contributed by atoms with Crippen molar-refractivity contribution in [1.82, 2.24) is 14.5 Å². The van der Waals surface area contributed by atoms with Gasteiger partial charge >= 0.3 is 11.9 Å². The van der Waals surface area contributed by atoms with Crippen LogP contribution in [0.5, 0.6) is 0 Å². The van der Waals surface area contributed by atoms with Gasteiger partial charge in [0, 0.05) is 43.8 Å². The molecule has 0 radical (unpaired) electrons. The van der Waals surface area contributed by atoms with E-state index in [-0.39, 0.29) is 57.7 Å². The van der Waals surface area contributed by atoms with E-state index in [0.29, 0.717) is 68.1 Å². The number of aryl methyl sites for hydroxylation is 1.